The van der Waals surface area contributed by atoms with E-state index in [1.165, 1.54) is 5.56 Å². The van der Waals surface area contributed by atoms with Gasteiger partial charge in [-0.25, -0.2) is 4.98 Å². The third-order valence-corrected chi connectivity index (χ3v) is 4.03. The smallest absolute Gasteiger partial charge is 0.251 e. The molecule has 0 saturated carbocycles. The van der Waals surface area contributed by atoms with E-state index in [1.54, 1.807) is 12.5 Å². The van der Waals surface area contributed by atoms with E-state index in [0.717, 1.165) is 28.8 Å². The molecule has 0 aliphatic rings. The largest absolute Gasteiger partial charge is 0.348 e. The van der Waals surface area contributed by atoms with Gasteiger partial charge in [0.1, 0.15) is 0 Å². The second-order valence-corrected chi connectivity index (χ2v) is 6.05. The molecule has 1 N–H and O–H groups in total. The molecule has 1 amide bonds. The summed E-state index contributed by atoms with van der Waals surface area (Å²) in [6.07, 6.45) is 5.52. The van der Waals surface area contributed by atoms with Gasteiger partial charge in [-0.05, 0) is 36.6 Å². The number of aromatic nitrogens is 2. The quantitative estimate of drug-likeness (QED) is 0.782. The minimum Gasteiger partial charge on any atom is -0.348 e. The molecule has 0 aliphatic heterocycles. The zero-order valence-corrected chi connectivity index (χ0v) is 14.0. The molecule has 1 heterocycles. The van der Waals surface area contributed by atoms with E-state index in [1.807, 2.05) is 42.8 Å². The van der Waals surface area contributed by atoms with Gasteiger partial charge in [0.2, 0.25) is 0 Å². The summed E-state index contributed by atoms with van der Waals surface area (Å²) in [7, 11) is 0. The highest BCUT2D eigenvalue weighted by Crippen LogP contribution is 2.11. The minimum atomic E-state index is -0.0324. The lowest BCUT2D eigenvalue weighted by Crippen LogP contribution is -2.23. The Balaban J connectivity index is 1.59. The van der Waals surface area contributed by atoms with Crippen molar-refractivity contribution in [1.29, 1.82) is 0 Å². The van der Waals surface area contributed by atoms with Gasteiger partial charge in [0.15, 0.2) is 0 Å². The first-order valence-corrected chi connectivity index (χ1v) is 8.01. The normalized spacial score (nSPS) is 10.6. The highest BCUT2D eigenvalue weighted by Gasteiger charge is 2.08. The van der Waals surface area contributed by atoms with Gasteiger partial charge < -0.3 is 9.88 Å². The molecule has 4 nitrogen and oxygen atoms in total. The third kappa shape index (κ3) is 3.90. The van der Waals surface area contributed by atoms with Crippen LogP contribution in [0.5, 0.6) is 0 Å². The molecule has 122 valence electrons. The topological polar surface area (TPSA) is 46.9 Å². The monoisotopic (exact) mass is 319 g/mol. The van der Waals surface area contributed by atoms with Crippen molar-refractivity contribution in [2.45, 2.75) is 26.9 Å². The van der Waals surface area contributed by atoms with Crippen LogP contribution < -0.4 is 5.32 Å². The predicted octanol–water partition coefficient (Wildman–Crippen LogP) is 3.48. The number of benzene rings is 2. The maximum atomic E-state index is 12.3. The summed E-state index contributed by atoms with van der Waals surface area (Å²) in [6, 6.07) is 14.1. The number of carbonyl (C=O) groups excluding carboxylic acids is 1. The van der Waals surface area contributed by atoms with Crippen LogP contribution in [0.15, 0.2) is 61.2 Å². The fourth-order valence-corrected chi connectivity index (χ4v) is 2.70. The molecule has 0 saturated heterocycles. The predicted molar refractivity (Wildman–Crippen MR) is 94.9 cm³/mol. The molecule has 0 spiro atoms. The van der Waals surface area contributed by atoms with E-state index in [4.69, 9.17) is 0 Å². The number of hydrogen-bond acceptors (Lipinski definition) is 2. The number of carbonyl (C=O) groups is 1. The summed E-state index contributed by atoms with van der Waals surface area (Å²) in [5, 5.41) is 2.99. The number of nitrogens with zero attached hydrogens (tertiary/aromatic N) is 2. The summed E-state index contributed by atoms with van der Waals surface area (Å²) in [4.78, 5) is 16.3. The van der Waals surface area contributed by atoms with Gasteiger partial charge in [-0.3, -0.25) is 4.79 Å². The van der Waals surface area contributed by atoms with Crippen LogP contribution in [-0.2, 0) is 13.1 Å². The van der Waals surface area contributed by atoms with Crippen LogP contribution in [0, 0.1) is 13.8 Å². The van der Waals surface area contributed by atoms with Crippen molar-refractivity contribution in [3.8, 4) is 0 Å². The number of aryl methyl sites for hydroxylation is 2. The first-order valence-electron chi connectivity index (χ1n) is 8.01. The second kappa shape index (κ2) is 7.13. The number of amides is 1. The van der Waals surface area contributed by atoms with E-state index in [9.17, 15) is 4.79 Å². The molecular weight excluding hydrogens is 298 g/mol. The Bertz CT molecular complexity index is 821. The fourth-order valence-electron chi connectivity index (χ4n) is 2.70. The van der Waals surface area contributed by atoms with Crippen LogP contribution >= 0.6 is 0 Å². The van der Waals surface area contributed by atoms with Crippen LogP contribution in [0.25, 0.3) is 0 Å². The van der Waals surface area contributed by atoms with Gasteiger partial charge in [-0.1, -0.05) is 42.0 Å². The Morgan fingerprint density at radius 2 is 1.83 bits per heavy atom. The molecule has 0 bridgehead atoms. The standard InChI is InChI=1S/C20H21N3O/c1-15-3-8-19(16(2)11-15)20(24)22-12-17-4-6-18(7-5-17)13-23-10-9-21-14-23/h3-11,14H,12-13H2,1-2H3,(H,22,24). The van der Waals surface area contributed by atoms with Crippen molar-refractivity contribution in [3.05, 3.63) is 89.0 Å². The van der Waals surface area contributed by atoms with Crippen molar-refractivity contribution in [2.75, 3.05) is 0 Å². The molecule has 24 heavy (non-hydrogen) atoms. The molecule has 0 unspecified atom stereocenters. The van der Waals surface area contributed by atoms with Crippen LogP contribution in [-0.4, -0.2) is 15.5 Å². The highest BCUT2D eigenvalue weighted by atomic mass is 16.1. The Morgan fingerprint density at radius 1 is 1.08 bits per heavy atom. The number of rotatable bonds is 5. The van der Waals surface area contributed by atoms with Gasteiger partial charge in [0.25, 0.3) is 5.91 Å². The van der Waals surface area contributed by atoms with Crippen LogP contribution in [0.1, 0.15) is 32.6 Å². The summed E-state index contributed by atoms with van der Waals surface area (Å²) < 4.78 is 2.02. The molecule has 3 aromatic rings. The van der Waals surface area contributed by atoms with Crippen molar-refractivity contribution in [2.24, 2.45) is 0 Å². The second-order valence-electron chi connectivity index (χ2n) is 6.05. The van der Waals surface area contributed by atoms with Crippen molar-refractivity contribution in [1.82, 2.24) is 14.9 Å². The molecule has 0 fully saturated rings. The molecule has 4 heteroatoms. The van der Waals surface area contributed by atoms with Crippen LogP contribution in [0.3, 0.4) is 0 Å². The average molecular weight is 319 g/mol. The van der Waals surface area contributed by atoms with E-state index >= 15 is 0 Å². The van der Waals surface area contributed by atoms with Crippen molar-refractivity contribution >= 4 is 5.91 Å². The lowest BCUT2D eigenvalue weighted by molar-refractivity contribution is 0.0950. The molecule has 0 aliphatic carbocycles. The zero-order valence-electron chi connectivity index (χ0n) is 14.0. The lowest BCUT2D eigenvalue weighted by atomic mass is 10.1. The van der Waals surface area contributed by atoms with Gasteiger partial charge in [0, 0.05) is 31.0 Å². The summed E-state index contributed by atoms with van der Waals surface area (Å²) in [6.45, 7) is 5.32. The molecular formula is C20H21N3O. The molecule has 2 aromatic carbocycles. The fraction of sp³-hybridized carbons (Fsp3) is 0.200. The van der Waals surface area contributed by atoms with E-state index in [0.29, 0.717) is 6.54 Å². The lowest BCUT2D eigenvalue weighted by Gasteiger charge is -2.09. The highest BCUT2D eigenvalue weighted by molar-refractivity contribution is 5.95. The Kier molecular flexibility index (Phi) is 4.75. The van der Waals surface area contributed by atoms with Gasteiger partial charge in [0.05, 0.1) is 6.33 Å². The first kappa shape index (κ1) is 16.0. The molecule has 0 radical (unpaired) electrons. The van der Waals surface area contributed by atoms with Crippen molar-refractivity contribution in [3.63, 3.8) is 0 Å². The Labute approximate surface area is 142 Å². The van der Waals surface area contributed by atoms with Gasteiger partial charge in [-0.2, -0.15) is 0 Å². The molecule has 0 atom stereocenters. The number of imidazole rings is 1. The van der Waals surface area contributed by atoms with E-state index < -0.39 is 0 Å². The summed E-state index contributed by atoms with van der Waals surface area (Å²) >= 11 is 0. The number of hydrogen-bond donors (Lipinski definition) is 1. The SMILES string of the molecule is Cc1ccc(C(=O)NCc2ccc(Cn3ccnc3)cc2)c(C)c1. The maximum Gasteiger partial charge on any atom is 0.251 e. The van der Waals surface area contributed by atoms with E-state index in [2.05, 4.69) is 34.6 Å². The van der Waals surface area contributed by atoms with E-state index in [-0.39, 0.29) is 5.91 Å². The van der Waals surface area contributed by atoms with Crippen molar-refractivity contribution < 1.29 is 4.79 Å². The van der Waals surface area contributed by atoms with Crippen LogP contribution in [0.2, 0.25) is 0 Å². The number of nitrogens with one attached hydrogen (secondary N) is 1. The zero-order chi connectivity index (χ0) is 16.9. The Hall–Kier alpha value is -2.88. The summed E-state index contributed by atoms with van der Waals surface area (Å²) in [5.74, 6) is -0.0324. The van der Waals surface area contributed by atoms with Gasteiger partial charge in [-0.15, -0.1) is 0 Å². The molecule has 3 rings (SSSR count). The average Bonchev–Trinajstić information content (AvgIpc) is 3.07. The van der Waals surface area contributed by atoms with Crippen LogP contribution in [0.4, 0.5) is 0 Å². The molecule has 1 aromatic heterocycles. The first-order chi connectivity index (χ1) is 11.6. The minimum absolute atomic E-state index is 0.0324. The third-order valence-electron chi connectivity index (χ3n) is 4.03. The summed E-state index contributed by atoms with van der Waals surface area (Å²) in [5.41, 5.74) is 5.19. The Morgan fingerprint density at radius 3 is 2.50 bits per heavy atom. The maximum absolute atomic E-state index is 12.3. The van der Waals surface area contributed by atoms with Gasteiger partial charge >= 0.3 is 0 Å².